The Morgan fingerprint density at radius 2 is 2.00 bits per heavy atom. The van der Waals surface area contributed by atoms with Gasteiger partial charge in [-0.2, -0.15) is 4.98 Å². The van der Waals surface area contributed by atoms with Gasteiger partial charge in [-0.3, -0.25) is 0 Å². The van der Waals surface area contributed by atoms with Gasteiger partial charge in [0.1, 0.15) is 5.75 Å². The maximum Gasteiger partial charge on any atom is 0.226 e. The molecule has 1 atom stereocenters. The molecule has 0 aliphatic rings. The van der Waals surface area contributed by atoms with Crippen LogP contribution in [0.4, 0.5) is 0 Å². The summed E-state index contributed by atoms with van der Waals surface area (Å²) in [6, 6.07) is 8.68. The van der Waals surface area contributed by atoms with Gasteiger partial charge < -0.3 is 9.63 Å². The summed E-state index contributed by atoms with van der Waals surface area (Å²) < 4.78 is 29.1. The van der Waals surface area contributed by atoms with Crippen molar-refractivity contribution in [2.24, 2.45) is 0 Å². The SMILES string of the molecule is CCCc1nc(CS(=O)(=O)CC(O)c2ccccc2)no1. The van der Waals surface area contributed by atoms with Crippen LogP contribution in [0.15, 0.2) is 34.9 Å². The van der Waals surface area contributed by atoms with E-state index in [2.05, 4.69) is 10.1 Å². The molecular weight excluding hydrogens is 292 g/mol. The second-order valence-electron chi connectivity index (χ2n) is 4.84. The lowest BCUT2D eigenvalue weighted by atomic mass is 10.1. The number of hydrogen-bond donors (Lipinski definition) is 1. The second kappa shape index (κ2) is 6.82. The highest BCUT2D eigenvalue weighted by molar-refractivity contribution is 7.90. The number of aromatic nitrogens is 2. The minimum atomic E-state index is -3.52. The van der Waals surface area contributed by atoms with Gasteiger partial charge in [0.25, 0.3) is 0 Å². The summed E-state index contributed by atoms with van der Waals surface area (Å²) in [5.74, 6) is -0.122. The minimum Gasteiger partial charge on any atom is -0.387 e. The smallest absolute Gasteiger partial charge is 0.226 e. The van der Waals surface area contributed by atoms with Gasteiger partial charge in [-0.1, -0.05) is 42.4 Å². The van der Waals surface area contributed by atoms with E-state index in [9.17, 15) is 13.5 Å². The van der Waals surface area contributed by atoms with Crippen molar-refractivity contribution in [3.8, 4) is 0 Å². The van der Waals surface area contributed by atoms with Gasteiger partial charge in [-0.15, -0.1) is 0 Å². The average molecular weight is 310 g/mol. The molecule has 0 aliphatic carbocycles. The van der Waals surface area contributed by atoms with Crippen molar-refractivity contribution in [1.29, 1.82) is 0 Å². The molecule has 7 heteroatoms. The number of rotatable bonds is 7. The van der Waals surface area contributed by atoms with Crippen LogP contribution in [0.5, 0.6) is 0 Å². The van der Waals surface area contributed by atoms with E-state index < -0.39 is 15.9 Å². The quantitative estimate of drug-likeness (QED) is 0.836. The van der Waals surface area contributed by atoms with E-state index in [1.54, 1.807) is 30.3 Å². The van der Waals surface area contributed by atoms with Gasteiger partial charge in [0, 0.05) is 6.42 Å². The zero-order valence-corrected chi connectivity index (χ0v) is 12.6. The van der Waals surface area contributed by atoms with E-state index in [1.807, 2.05) is 6.92 Å². The van der Waals surface area contributed by atoms with Crippen LogP contribution in [0.1, 0.15) is 36.7 Å². The van der Waals surface area contributed by atoms with Crippen LogP contribution in [-0.2, 0) is 22.0 Å². The Labute approximate surface area is 123 Å². The maximum atomic E-state index is 12.1. The van der Waals surface area contributed by atoms with E-state index >= 15 is 0 Å². The summed E-state index contributed by atoms with van der Waals surface area (Å²) >= 11 is 0. The zero-order valence-electron chi connectivity index (χ0n) is 11.8. The molecular formula is C14H18N2O4S. The number of aliphatic hydroxyl groups excluding tert-OH is 1. The molecule has 6 nitrogen and oxygen atoms in total. The Kier molecular flexibility index (Phi) is 5.08. The predicted octanol–water partition coefficient (Wildman–Crippen LogP) is 1.67. The third kappa shape index (κ3) is 4.64. The first-order chi connectivity index (χ1) is 10.00. The van der Waals surface area contributed by atoms with Crippen LogP contribution in [0.25, 0.3) is 0 Å². The Hall–Kier alpha value is -1.73. The van der Waals surface area contributed by atoms with Gasteiger partial charge >= 0.3 is 0 Å². The van der Waals surface area contributed by atoms with Crippen molar-refractivity contribution >= 4 is 9.84 Å². The summed E-state index contributed by atoms with van der Waals surface area (Å²) in [5, 5.41) is 13.6. The molecule has 0 spiro atoms. The molecule has 1 N–H and O–H groups in total. The highest BCUT2D eigenvalue weighted by Gasteiger charge is 2.21. The molecule has 0 bridgehead atoms. The largest absolute Gasteiger partial charge is 0.387 e. The molecule has 21 heavy (non-hydrogen) atoms. The normalized spacial score (nSPS) is 13.2. The highest BCUT2D eigenvalue weighted by atomic mass is 32.2. The molecule has 0 amide bonds. The van der Waals surface area contributed by atoms with E-state index in [-0.39, 0.29) is 17.3 Å². The molecule has 2 rings (SSSR count). The summed E-state index contributed by atoms with van der Waals surface area (Å²) in [7, 11) is -3.52. The lowest BCUT2D eigenvalue weighted by Crippen LogP contribution is -2.17. The molecule has 0 saturated heterocycles. The third-order valence-corrected chi connectivity index (χ3v) is 4.44. The van der Waals surface area contributed by atoms with Crippen molar-refractivity contribution in [1.82, 2.24) is 10.1 Å². The van der Waals surface area contributed by atoms with Crippen LogP contribution in [0.3, 0.4) is 0 Å². The molecule has 1 heterocycles. The first kappa shape index (κ1) is 15.7. The maximum absolute atomic E-state index is 12.1. The summed E-state index contributed by atoms with van der Waals surface area (Å²) in [6.07, 6.45) is 0.416. The molecule has 114 valence electrons. The zero-order chi connectivity index (χ0) is 15.3. The van der Waals surface area contributed by atoms with Crippen molar-refractivity contribution in [2.75, 3.05) is 5.75 Å². The van der Waals surface area contributed by atoms with Gasteiger partial charge in [0.2, 0.25) is 5.89 Å². The fourth-order valence-corrected chi connectivity index (χ4v) is 3.23. The number of aryl methyl sites for hydroxylation is 1. The van der Waals surface area contributed by atoms with Crippen LogP contribution in [0.2, 0.25) is 0 Å². The molecule has 2 aromatic rings. The van der Waals surface area contributed by atoms with Crippen molar-refractivity contribution in [3.05, 3.63) is 47.6 Å². The molecule has 0 aliphatic heterocycles. The lowest BCUT2D eigenvalue weighted by molar-refractivity contribution is 0.201. The average Bonchev–Trinajstić information content (AvgIpc) is 2.86. The molecule has 1 aromatic carbocycles. The standard InChI is InChI=1S/C14H18N2O4S/c1-2-6-14-15-13(16-20-14)10-21(18,19)9-12(17)11-7-4-3-5-8-11/h3-5,7-8,12,17H,2,6,9-10H2,1H3. The first-order valence-corrected chi connectivity index (χ1v) is 8.57. The predicted molar refractivity (Wildman–Crippen MR) is 77.2 cm³/mol. The Morgan fingerprint density at radius 1 is 1.29 bits per heavy atom. The van der Waals surface area contributed by atoms with Crippen molar-refractivity contribution in [2.45, 2.75) is 31.6 Å². The fraction of sp³-hybridized carbons (Fsp3) is 0.429. The van der Waals surface area contributed by atoms with E-state index in [0.29, 0.717) is 17.9 Å². The molecule has 1 unspecified atom stereocenters. The van der Waals surface area contributed by atoms with Crippen molar-refractivity contribution < 1.29 is 18.0 Å². The first-order valence-electron chi connectivity index (χ1n) is 6.75. The Balaban J connectivity index is 2.01. The molecule has 0 radical (unpaired) electrons. The third-order valence-electron chi connectivity index (χ3n) is 2.92. The summed E-state index contributed by atoms with van der Waals surface area (Å²) in [5.41, 5.74) is 0.570. The molecule has 0 saturated carbocycles. The number of nitrogens with zero attached hydrogens (tertiary/aromatic N) is 2. The van der Waals surface area contributed by atoms with Crippen LogP contribution >= 0.6 is 0 Å². The molecule has 1 aromatic heterocycles. The van der Waals surface area contributed by atoms with E-state index in [0.717, 1.165) is 6.42 Å². The summed E-state index contributed by atoms with van der Waals surface area (Å²) in [6.45, 7) is 1.97. The number of hydrogen-bond acceptors (Lipinski definition) is 6. The van der Waals surface area contributed by atoms with E-state index in [1.165, 1.54) is 0 Å². The van der Waals surface area contributed by atoms with Gasteiger partial charge in [-0.25, -0.2) is 8.42 Å². The summed E-state index contributed by atoms with van der Waals surface area (Å²) in [4.78, 5) is 4.03. The molecule has 0 fully saturated rings. The highest BCUT2D eigenvalue weighted by Crippen LogP contribution is 2.16. The second-order valence-corrected chi connectivity index (χ2v) is 6.94. The van der Waals surface area contributed by atoms with Crippen molar-refractivity contribution in [3.63, 3.8) is 0 Å². The minimum absolute atomic E-state index is 0.138. The Morgan fingerprint density at radius 3 is 2.67 bits per heavy atom. The van der Waals surface area contributed by atoms with Gasteiger partial charge in [-0.05, 0) is 12.0 Å². The van der Waals surface area contributed by atoms with Crippen LogP contribution in [-0.4, -0.2) is 29.4 Å². The van der Waals surface area contributed by atoms with Crippen LogP contribution in [0, 0.1) is 0 Å². The van der Waals surface area contributed by atoms with Gasteiger partial charge in [0.05, 0.1) is 11.9 Å². The number of benzene rings is 1. The monoisotopic (exact) mass is 310 g/mol. The number of aliphatic hydroxyl groups is 1. The van der Waals surface area contributed by atoms with E-state index in [4.69, 9.17) is 4.52 Å². The topological polar surface area (TPSA) is 93.3 Å². The number of sulfone groups is 1. The van der Waals surface area contributed by atoms with Crippen LogP contribution < -0.4 is 0 Å². The lowest BCUT2D eigenvalue weighted by Gasteiger charge is -2.10. The van der Waals surface area contributed by atoms with Gasteiger partial charge in [0.15, 0.2) is 15.7 Å². The fourth-order valence-electron chi connectivity index (χ4n) is 1.93. The Bertz CT molecular complexity index is 667.